The van der Waals surface area contributed by atoms with Gasteiger partial charge in [-0.1, -0.05) is 219 Å². The number of hydrogen-bond donors (Lipinski definition) is 0. The number of fused-ring (bicyclic) bond motifs is 1. The largest absolute Gasteiger partial charge is 0.493 e. The Labute approximate surface area is 436 Å². The van der Waals surface area contributed by atoms with Crippen LogP contribution in [0.25, 0.3) is 0 Å². The molecule has 3 aromatic rings. The predicted molar refractivity (Wildman–Crippen MR) is 310 cm³/mol. The van der Waals surface area contributed by atoms with E-state index in [0.717, 1.165) is 60.6 Å². The molecule has 3 aliphatic heterocycles. The third-order valence-corrected chi connectivity index (χ3v) is 23.7. The lowest BCUT2D eigenvalue weighted by Crippen LogP contribution is -2.17. The van der Waals surface area contributed by atoms with Gasteiger partial charge in [-0.25, -0.2) is 0 Å². The molecule has 0 spiro atoms. The highest BCUT2D eigenvalue weighted by atomic mass is 32.3. The molecule has 66 heavy (non-hydrogen) atoms. The summed E-state index contributed by atoms with van der Waals surface area (Å²) in [6, 6.07) is 19.2. The van der Waals surface area contributed by atoms with Gasteiger partial charge in [-0.05, 0) is 80.0 Å². The molecule has 6 rings (SSSR count). The van der Waals surface area contributed by atoms with Crippen molar-refractivity contribution < 1.29 is 9.47 Å². The molecule has 3 aliphatic rings. The van der Waals surface area contributed by atoms with Gasteiger partial charge >= 0.3 is 0 Å². The first-order valence-corrected chi connectivity index (χ1v) is 31.5. The third-order valence-electron chi connectivity index (χ3n) is 12.0. The molecule has 10 heteroatoms. The normalized spacial score (nSPS) is 16.2. The third kappa shape index (κ3) is 15.4. The number of benzene rings is 3. The molecule has 0 saturated carbocycles. The summed E-state index contributed by atoms with van der Waals surface area (Å²) >= 11 is 16.1. The van der Waals surface area contributed by atoms with E-state index in [9.17, 15) is 0 Å². The van der Waals surface area contributed by atoms with Crippen molar-refractivity contribution in [3.8, 4) is 11.5 Å². The van der Waals surface area contributed by atoms with Gasteiger partial charge < -0.3 is 9.47 Å². The Kier molecular flexibility index (Phi) is 20.0. The Morgan fingerprint density at radius 2 is 0.788 bits per heavy atom. The number of thioether (sulfide) groups is 8. The predicted octanol–water partition coefficient (Wildman–Crippen LogP) is 20.5. The minimum absolute atomic E-state index is 0.0911. The van der Waals surface area contributed by atoms with Crippen molar-refractivity contribution in [1.82, 2.24) is 0 Å². The van der Waals surface area contributed by atoms with E-state index in [2.05, 4.69) is 145 Å². The van der Waals surface area contributed by atoms with E-state index in [1.807, 2.05) is 94.1 Å². The van der Waals surface area contributed by atoms with Crippen molar-refractivity contribution in [1.29, 1.82) is 0 Å². The van der Waals surface area contributed by atoms with Crippen molar-refractivity contribution in [3.05, 3.63) is 118 Å². The lowest BCUT2D eigenvalue weighted by molar-refractivity contribution is 0.293. The van der Waals surface area contributed by atoms with Gasteiger partial charge in [0.1, 0.15) is 11.5 Å². The van der Waals surface area contributed by atoms with Gasteiger partial charge in [0.15, 0.2) is 0 Å². The molecule has 0 bridgehead atoms. The summed E-state index contributed by atoms with van der Waals surface area (Å²) < 4.78 is 21.8. The van der Waals surface area contributed by atoms with Gasteiger partial charge in [0.05, 0.1) is 38.6 Å². The van der Waals surface area contributed by atoms with Crippen LogP contribution in [-0.4, -0.2) is 13.2 Å². The maximum absolute atomic E-state index is 6.57. The van der Waals surface area contributed by atoms with Crippen molar-refractivity contribution in [2.45, 2.75) is 193 Å². The van der Waals surface area contributed by atoms with E-state index in [0.29, 0.717) is 0 Å². The van der Waals surface area contributed by atoms with E-state index in [1.54, 1.807) is 0 Å². The monoisotopic (exact) mass is 1040 g/mol. The fraction of sp³-hybridized carbons (Fsp3) is 0.571. The quantitative estimate of drug-likeness (QED) is 0.114. The summed E-state index contributed by atoms with van der Waals surface area (Å²) in [7, 11) is 0. The second-order valence-corrected chi connectivity index (χ2v) is 31.5. The van der Waals surface area contributed by atoms with Crippen molar-refractivity contribution >= 4 is 94.1 Å². The topological polar surface area (TPSA) is 18.5 Å². The molecule has 0 aromatic heterocycles. The molecule has 0 radical (unpaired) electrons. The summed E-state index contributed by atoms with van der Waals surface area (Å²) in [5.41, 5.74) is 11.6. The van der Waals surface area contributed by atoms with E-state index < -0.39 is 0 Å². The van der Waals surface area contributed by atoms with Gasteiger partial charge in [0.2, 0.25) is 0 Å². The first-order valence-electron chi connectivity index (χ1n) is 24.3. The molecule has 0 atom stereocenters. The van der Waals surface area contributed by atoms with Gasteiger partial charge in [-0.15, -0.1) is 47.0 Å². The molecule has 3 heterocycles. The molecule has 0 fully saturated rings. The first-order chi connectivity index (χ1) is 31.1. The number of unbranched alkanes of at least 4 members (excludes halogenated alkanes) is 6. The highest BCUT2D eigenvalue weighted by Gasteiger charge is 2.33. The Hall–Kier alpha value is -0.720. The van der Waals surface area contributed by atoms with Crippen LogP contribution < -0.4 is 9.47 Å². The summed E-state index contributed by atoms with van der Waals surface area (Å²) in [6.07, 6.45) is 9.66. The molecule has 0 aliphatic carbocycles. The van der Waals surface area contributed by atoms with E-state index >= 15 is 0 Å². The minimum Gasteiger partial charge on any atom is -0.493 e. The van der Waals surface area contributed by atoms with Crippen LogP contribution in [0.15, 0.2) is 74.0 Å². The second-order valence-electron chi connectivity index (χ2n) is 22.0. The maximum atomic E-state index is 6.57. The van der Waals surface area contributed by atoms with Gasteiger partial charge in [-0.2, -0.15) is 0 Å². The molecule has 0 amide bonds. The lowest BCUT2D eigenvalue weighted by Gasteiger charge is -2.26. The van der Waals surface area contributed by atoms with E-state index in [4.69, 9.17) is 9.47 Å². The average Bonchev–Trinajstić information content (AvgIpc) is 3.84. The average molecular weight is 1040 g/mol. The first kappa shape index (κ1) is 54.6. The highest BCUT2D eigenvalue weighted by molar-refractivity contribution is 8.44. The zero-order valence-electron chi connectivity index (χ0n) is 42.6. The maximum Gasteiger partial charge on any atom is 0.123 e. The summed E-state index contributed by atoms with van der Waals surface area (Å²) in [5.74, 6) is 5.81. The fourth-order valence-corrected chi connectivity index (χ4v) is 19.5. The van der Waals surface area contributed by atoms with Gasteiger partial charge in [-0.3, -0.25) is 0 Å². The van der Waals surface area contributed by atoms with Crippen LogP contribution in [0.4, 0.5) is 0 Å². The summed E-state index contributed by atoms with van der Waals surface area (Å²) in [5, 5.41) is 0. The zero-order chi connectivity index (χ0) is 47.9. The second kappa shape index (κ2) is 24.1. The van der Waals surface area contributed by atoms with E-state index in [1.165, 1.54) is 108 Å². The summed E-state index contributed by atoms with van der Waals surface area (Å²) in [6.45, 7) is 34.2. The number of ether oxygens (including phenoxy) is 2. The summed E-state index contributed by atoms with van der Waals surface area (Å²) in [4.78, 5) is 0. The smallest absolute Gasteiger partial charge is 0.123 e. The van der Waals surface area contributed by atoms with Gasteiger partial charge in [0.25, 0.3) is 0 Å². The van der Waals surface area contributed by atoms with Crippen LogP contribution in [0.1, 0.15) is 193 Å². The van der Waals surface area contributed by atoms with E-state index in [-0.39, 0.29) is 21.7 Å². The Morgan fingerprint density at radius 3 is 1.12 bits per heavy atom. The molecule has 2 nitrogen and oxygen atoms in total. The van der Waals surface area contributed by atoms with Crippen molar-refractivity contribution in [2.24, 2.45) is 0 Å². The molecule has 362 valence electrons. The van der Waals surface area contributed by atoms with Crippen LogP contribution in [0.2, 0.25) is 0 Å². The van der Waals surface area contributed by atoms with Crippen LogP contribution in [0.5, 0.6) is 11.5 Å². The van der Waals surface area contributed by atoms with Crippen LogP contribution in [0.3, 0.4) is 0 Å². The van der Waals surface area contributed by atoms with Gasteiger partial charge in [0, 0.05) is 34.1 Å². The fourth-order valence-electron chi connectivity index (χ4n) is 7.58. The molecule has 0 N–H and O–H groups in total. The highest BCUT2D eigenvalue weighted by Crippen LogP contribution is 2.67. The standard InChI is InChI=1S/C56H78O2S8/c1-15-17-19-21-25-57-45-23-24-46(58-26-22-20-18-16-2)44-36-62-50-49(61-35-43(44)45)65-52(66-50)51-63-47(59-33-37-27-39(53(3,4)5)31-40(28-37)54(6,7)8)48(64-51)60-34-38-29-41(55(9,10)11)32-42(30-38)56(12,13)14/h23-24,27-32H,15-22,25-26,33-36H2,1-14H3. The Morgan fingerprint density at radius 1 is 0.439 bits per heavy atom. The SMILES string of the molecule is CCCCCCOc1ccc(OCCCCCC)c2c1CSC1=C(SC2)SC(=C2SC(SCc3cc(C(C)(C)C)cc(C(C)(C)C)c3)=C(SCc3cc(C(C)(C)C)cc(C(C)(C)C)c3)S2)S1. The molecular formula is C56H78O2S8. The van der Waals surface area contributed by atoms with Crippen molar-refractivity contribution in [2.75, 3.05) is 13.2 Å². The zero-order valence-corrected chi connectivity index (χ0v) is 49.1. The molecular weight excluding hydrogens is 961 g/mol. The van der Waals surface area contributed by atoms with Crippen LogP contribution in [0, 0.1) is 0 Å². The van der Waals surface area contributed by atoms with Crippen molar-refractivity contribution in [3.63, 3.8) is 0 Å². The number of hydrogen-bond acceptors (Lipinski definition) is 10. The molecule has 0 saturated heterocycles. The van der Waals surface area contributed by atoms with Crippen LogP contribution in [-0.2, 0) is 44.7 Å². The Balaban J connectivity index is 1.26. The number of rotatable bonds is 18. The minimum atomic E-state index is 0.0911. The van der Waals surface area contributed by atoms with Crippen LogP contribution >= 0.6 is 94.1 Å². The molecule has 3 aromatic carbocycles. The molecule has 0 unspecified atom stereocenters. The lowest BCUT2D eigenvalue weighted by atomic mass is 9.80. The Bertz CT molecular complexity index is 2030.